The van der Waals surface area contributed by atoms with Crippen molar-refractivity contribution in [3.8, 4) is 0 Å². The lowest BCUT2D eigenvalue weighted by Gasteiger charge is -2.12. The smallest absolute Gasteiger partial charge is 0.255 e. The Hall–Kier alpha value is -3.41. The molecule has 29 heavy (non-hydrogen) atoms. The number of rotatable bonds is 8. The standard InChI is InChI=1S/C23H26N4O2/c1-3-4-13-25-23(29)20-7-5-6-8-21(20)26-22(28)19-11-9-18(10-12-19)16-27-15-14-24-17(27)2/h5-12,14-15H,3-4,13,16H2,1-2H3,(H,25,29)(H,26,28). The van der Waals surface area contributed by atoms with Gasteiger partial charge in [0.2, 0.25) is 0 Å². The van der Waals surface area contributed by atoms with Gasteiger partial charge in [-0.3, -0.25) is 9.59 Å². The van der Waals surface area contributed by atoms with Crippen LogP contribution in [0.1, 0.15) is 51.9 Å². The number of carbonyl (C=O) groups is 2. The molecule has 150 valence electrons. The molecule has 0 saturated carbocycles. The molecule has 6 heteroatoms. The van der Waals surface area contributed by atoms with Crippen LogP contribution in [0.5, 0.6) is 0 Å². The zero-order valence-corrected chi connectivity index (χ0v) is 16.8. The fraction of sp³-hybridized carbons (Fsp3) is 0.261. The van der Waals surface area contributed by atoms with E-state index in [-0.39, 0.29) is 11.8 Å². The van der Waals surface area contributed by atoms with E-state index in [9.17, 15) is 9.59 Å². The summed E-state index contributed by atoms with van der Waals surface area (Å²) in [6.07, 6.45) is 5.63. The van der Waals surface area contributed by atoms with Gasteiger partial charge in [-0.05, 0) is 43.2 Å². The fourth-order valence-electron chi connectivity index (χ4n) is 2.99. The van der Waals surface area contributed by atoms with E-state index in [0.717, 1.165) is 24.2 Å². The van der Waals surface area contributed by atoms with Gasteiger partial charge >= 0.3 is 0 Å². The highest BCUT2D eigenvalue weighted by Gasteiger charge is 2.14. The topological polar surface area (TPSA) is 76.0 Å². The number of carbonyl (C=O) groups excluding carboxylic acids is 2. The van der Waals surface area contributed by atoms with E-state index in [4.69, 9.17) is 0 Å². The van der Waals surface area contributed by atoms with E-state index in [1.165, 1.54) is 0 Å². The van der Waals surface area contributed by atoms with Crippen molar-refractivity contribution in [2.24, 2.45) is 0 Å². The highest BCUT2D eigenvalue weighted by atomic mass is 16.2. The number of hydrogen-bond donors (Lipinski definition) is 2. The number of anilines is 1. The molecular formula is C23H26N4O2. The lowest BCUT2D eigenvalue weighted by Crippen LogP contribution is -2.26. The average molecular weight is 390 g/mol. The van der Waals surface area contributed by atoms with E-state index < -0.39 is 0 Å². The van der Waals surface area contributed by atoms with Gasteiger partial charge in [-0.15, -0.1) is 0 Å². The number of aryl methyl sites for hydroxylation is 1. The Kier molecular flexibility index (Phi) is 6.79. The summed E-state index contributed by atoms with van der Waals surface area (Å²) in [5.74, 6) is 0.519. The van der Waals surface area contributed by atoms with E-state index in [1.54, 1.807) is 42.6 Å². The van der Waals surface area contributed by atoms with Crippen LogP contribution in [0, 0.1) is 6.92 Å². The summed E-state index contributed by atoms with van der Waals surface area (Å²) in [4.78, 5) is 29.3. The van der Waals surface area contributed by atoms with Crippen LogP contribution >= 0.6 is 0 Å². The molecule has 0 fully saturated rings. The molecule has 0 bridgehead atoms. The second-order valence-corrected chi connectivity index (χ2v) is 6.91. The molecule has 2 amide bonds. The number of benzene rings is 2. The summed E-state index contributed by atoms with van der Waals surface area (Å²) >= 11 is 0. The quantitative estimate of drug-likeness (QED) is 0.570. The first kappa shape index (κ1) is 20.3. The van der Waals surface area contributed by atoms with Crippen molar-refractivity contribution in [1.29, 1.82) is 0 Å². The number of imidazole rings is 1. The molecule has 2 aromatic carbocycles. The highest BCUT2D eigenvalue weighted by Crippen LogP contribution is 2.17. The monoisotopic (exact) mass is 390 g/mol. The molecule has 6 nitrogen and oxygen atoms in total. The number of nitrogens with zero attached hydrogens (tertiary/aromatic N) is 2. The zero-order valence-electron chi connectivity index (χ0n) is 16.8. The number of para-hydroxylation sites is 1. The molecule has 0 aliphatic heterocycles. The SMILES string of the molecule is CCCCNC(=O)c1ccccc1NC(=O)c1ccc(Cn2ccnc2C)cc1. The van der Waals surface area contributed by atoms with Gasteiger partial charge in [-0.1, -0.05) is 37.6 Å². The first-order valence-corrected chi connectivity index (χ1v) is 9.83. The van der Waals surface area contributed by atoms with E-state index in [0.29, 0.717) is 29.9 Å². The summed E-state index contributed by atoms with van der Waals surface area (Å²) in [7, 11) is 0. The van der Waals surface area contributed by atoms with Crippen LogP contribution in [0.4, 0.5) is 5.69 Å². The molecule has 0 saturated heterocycles. The van der Waals surface area contributed by atoms with Gasteiger partial charge in [0.25, 0.3) is 11.8 Å². The van der Waals surface area contributed by atoms with E-state index in [2.05, 4.69) is 22.5 Å². The Morgan fingerprint density at radius 1 is 1.03 bits per heavy atom. The largest absolute Gasteiger partial charge is 0.352 e. The summed E-state index contributed by atoms with van der Waals surface area (Å²) < 4.78 is 2.04. The van der Waals surface area contributed by atoms with Crippen molar-refractivity contribution in [3.63, 3.8) is 0 Å². The normalized spacial score (nSPS) is 10.6. The van der Waals surface area contributed by atoms with Crippen LogP contribution in [0.2, 0.25) is 0 Å². The third-order valence-corrected chi connectivity index (χ3v) is 4.73. The predicted octanol–water partition coefficient (Wildman–Crippen LogP) is 4.02. The lowest BCUT2D eigenvalue weighted by atomic mass is 10.1. The van der Waals surface area contributed by atoms with Crippen LogP contribution in [-0.4, -0.2) is 27.9 Å². The first-order chi connectivity index (χ1) is 14.1. The van der Waals surface area contributed by atoms with E-state index in [1.807, 2.05) is 29.8 Å². The van der Waals surface area contributed by atoms with Crippen molar-refractivity contribution in [3.05, 3.63) is 83.4 Å². The van der Waals surface area contributed by atoms with Gasteiger partial charge in [-0.2, -0.15) is 0 Å². The number of amides is 2. The van der Waals surface area contributed by atoms with Crippen LogP contribution in [0.15, 0.2) is 60.9 Å². The van der Waals surface area contributed by atoms with Gasteiger partial charge in [0.05, 0.1) is 11.3 Å². The number of hydrogen-bond acceptors (Lipinski definition) is 3. The Balaban J connectivity index is 1.67. The number of unbranched alkanes of at least 4 members (excludes halogenated alkanes) is 1. The molecule has 0 aliphatic carbocycles. The highest BCUT2D eigenvalue weighted by molar-refractivity contribution is 6.09. The zero-order chi connectivity index (χ0) is 20.6. The van der Waals surface area contributed by atoms with Crippen molar-refractivity contribution in [1.82, 2.24) is 14.9 Å². The predicted molar refractivity (Wildman–Crippen MR) is 114 cm³/mol. The average Bonchev–Trinajstić information content (AvgIpc) is 3.13. The Labute approximate surface area is 171 Å². The van der Waals surface area contributed by atoms with Gasteiger partial charge in [0.15, 0.2) is 0 Å². The Morgan fingerprint density at radius 2 is 1.79 bits per heavy atom. The molecule has 0 atom stereocenters. The second kappa shape index (κ2) is 9.68. The minimum absolute atomic E-state index is 0.180. The van der Waals surface area contributed by atoms with Crippen molar-refractivity contribution < 1.29 is 9.59 Å². The lowest BCUT2D eigenvalue weighted by molar-refractivity contribution is 0.0954. The minimum Gasteiger partial charge on any atom is -0.352 e. The molecule has 3 aromatic rings. The molecule has 0 spiro atoms. The Bertz CT molecular complexity index is 977. The summed E-state index contributed by atoms with van der Waals surface area (Å²) in [5.41, 5.74) is 2.59. The number of aromatic nitrogens is 2. The maximum absolute atomic E-state index is 12.7. The summed E-state index contributed by atoms with van der Waals surface area (Å²) in [5, 5.41) is 5.75. The minimum atomic E-state index is -0.246. The second-order valence-electron chi connectivity index (χ2n) is 6.91. The third kappa shape index (κ3) is 5.31. The molecule has 0 unspecified atom stereocenters. The molecule has 1 heterocycles. The van der Waals surface area contributed by atoms with Crippen molar-refractivity contribution in [2.75, 3.05) is 11.9 Å². The van der Waals surface area contributed by atoms with Gasteiger partial charge in [0, 0.05) is 31.0 Å². The molecule has 0 radical (unpaired) electrons. The molecule has 3 rings (SSSR count). The van der Waals surface area contributed by atoms with Gasteiger partial charge < -0.3 is 15.2 Å². The van der Waals surface area contributed by atoms with Crippen LogP contribution in [0.3, 0.4) is 0 Å². The molecular weight excluding hydrogens is 364 g/mol. The maximum Gasteiger partial charge on any atom is 0.255 e. The van der Waals surface area contributed by atoms with E-state index >= 15 is 0 Å². The van der Waals surface area contributed by atoms with Gasteiger partial charge in [0.1, 0.15) is 5.82 Å². The third-order valence-electron chi connectivity index (χ3n) is 4.73. The van der Waals surface area contributed by atoms with Crippen LogP contribution in [-0.2, 0) is 6.54 Å². The Morgan fingerprint density at radius 3 is 2.48 bits per heavy atom. The number of nitrogens with one attached hydrogen (secondary N) is 2. The molecule has 2 N–H and O–H groups in total. The van der Waals surface area contributed by atoms with Crippen LogP contribution < -0.4 is 10.6 Å². The van der Waals surface area contributed by atoms with Crippen molar-refractivity contribution in [2.45, 2.75) is 33.2 Å². The fourth-order valence-corrected chi connectivity index (χ4v) is 2.99. The van der Waals surface area contributed by atoms with Crippen LogP contribution in [0.25, 0.3) is 0 Å². The summed E-state index contributed by atoms with van der Waals surface area (Å²) in [6.45, 7) is 5.35. The summed E-state index contributed by atoms with van der Waals surface area (Å²) in [6, 6.07) is 14.5. The maximum atomic E-state index is 12.7. The molecule has 1 aromatic heterocycles. The molecule has 0 aliphatic rings. The first-order valence-electron chi connectivity index (χ1n) is 9.83. The van der Waals surface area contributed by atoms with Crippen molar-refractivity contribution >= 4 is 17.5 Å². The van der Waals surface area contributed by atoms with Gasteiger partial charge in [-0.25, -0.2) is 4.98 Å².